The number of hydrogen-bond acceptors (Lipinski definition) is 3. The molecule has 1 aliphatic heterocycles. The van der Waals surface area contributed by atoms with Crippen molar-refractivity contribution in [3.05, 3.63) is 65.7 Å². The minimum absolute atomic E-state index is 0. The molecular formula is C19H23ClN2O2S. The van der Waals surface area contributed by atoms with E-state index in [-0.39, 0.29) is 24.2 Å². The van der Waals surface area contributed by atoms with Crippen molar-refractivity contribution in [2.75, 3.05) is 18.4 Å². The molecule has 0 aromatic heterocycles. The van der Waals surface area contributed by atoms with E-state index in [0.29, 0.717) is 11.5 Å². The largest absolute Gasteiger partial charge is 0.326 e. The van der Waals surface area contributed by atoms with Gasteiger partial charge in [0, 0.05) is 34.5 Å². The third kappa shape index (κ3) is 5.96. The number of hydrogen-bond donors (Lipinski definition) is 2. The molecule has 2 atom stereocenters. The van der Waals surface area contributed by atoms with E-state index in [9.17, 15) is 9.00 Å². The Kier molecular flexibility index (Phi) is 7.62. The Morgan fingerprint density at radius 2 is 1.80 bits per heavy atom. The van der Waals surface area contributed by atoms with E-state index < -0.39 is 10.8 Å². The van der Waals surface area contributed by atoms with Crippen LogP contribution in [0.5, 0.6) is 0 Å². The normalized spacial score (nSPS) is 17.5. The first-order chi connectivity index (χ1) is 11.7. The number of anilines is 1. The summed E-state index contributed by atoms with van der Waals surface area (Å²) in [5, 5.41) is 6.17. The number of amides is 1. The van der Waals surface area contributed by atoms with Crippen LogP contribution in [-0.4, -0.2) is 23.2 Å². The first-order valence-corrected chi connectivity index (χ1v) is 9.69. The molecule has 2 aromatic carbocycles. The number of carbonyl (C=O) groups excluding carboxylic acids is 1. The molecule has 0 bridgehead atoms. The third-order valence-electron chi connectivity index (χ3n) is 4.12. The summed E-state index contributed by atoms with van der Waals surface area (Å²) in [6.07, 6.45) is 0.882. The molecule has 6 heteroatoms. The van der Waals surface area contributed by atoms with Gasteiger partial charge < -0.3 is 10.6 Å². The summed E-state index contributed by atoms with van der Waals surface area (Å²) in [7, 11) is -0.968. The van der Waals surface area contributed by atoms with Crippen LogP contribution < -0.4 is 10.6 Å². The SMILES string of the molecule is Cl.O=C(Nc1cccc(CS(=O)Cc2ccccc2)c1)C1CCNC1. The Bertz CT molecular complexity index is 718. The van der Waals surface area contributed by atoms with E-state index in [1.54, 1.807) is 0 Å². The van der Waals surface area contributed by atoms with Gasteiger partial charge in [-0.3, -0.25) is 9.00 Å². The number of benzene rings is 2. The van der Waals surface area contributed by atoms with Crippen LogP contribution in [0, 0.1) is 5.92 Å². The van der Waals surface area contributed by atoms with Crippen molar-refractivity contribution in [3.63, 3.8) is 0 Å². The predicted octanol–water partition coefficient (Wildman–Crippen LogP) is 3.11. The van der Waals surface area contributed by atoms with Gasteiger partial charge in [0.2, 0.25) is 5.91 Å². The van der Waals surface area contributed by atoms with Gasteiger partial charge in [0.25, 0.3) is 0 Å². The molecule has 2 aromatic rings. The van der Waals surface area contributed by atoms with Gasteiger partial charge in [-0.2, -0.15) is 0 Å². The Hall–Kier alpha value is -1.69. The molecule has 134 valence electrons. The van der Waals surface area contributed by atoms with Crippen LogP contribution in [0.25, 0.3) is 0 Å². The maximum atomic E-state index is 12.3. The van der Waals surface area contributed by atoms with Gasteiger partial charge in [-0.1, -0.05) is 42.5 Å². The fraction of sp³-hybridized carbons (Fsp3) is 0.316. The van der Waals surface area contributed by atoms with Gasteiger partial charge in [-0.05, 0) is 36.2 Å². The van der Waals surface area contributed by atoms with Crippen molar-refractivity contribution < 1.29 is 9.00 Å². The van der Waals surface area contributed by atoms with Crippen molar-refractivity contribution in [2.24, 2.45) is 5.92 Å². The third-order valence-corrected chi connectivity index (χ3v) is 5.43. The molecule has 1 amide bonds. The lowest BCUT2D eigenvalue weighted by molar-refractivity contribution is -0.119. The molecule has 1 saturated heterocycles. The zero-order chi connectivity index (χ0) is 16.8. The van der Waals surface area contributed by atoms with Crippen LogP contribution in [-0.2, 0) is 27.1 Å². The summed E-state index contributed by atoms with van der Waals surface area (Å²) in [6, 6.07) is 17.5. The van der Waals surface area contributed by atoms with E-state index >= 15 is 0 Å². The lowest BCUT2D eigenvalue weighted by Crippen LogP contribution is -2.24. The average molecular weight is 379 g/mol. The van der Waals surface area contributed by atoms with E-state index in [2.05, 4.69) is 10.6 Å². The summed E-state index contributed by atoms with van der Waals surface area (Å²) < 4.78 is 12.3. The van der Waals surface area contributed by atoms with Gasteiger partial charge in [-0.15, -0.1) is 12.4 Å². The molecule has 4 nitrogen and oxygen atoms in total. The van der Waals surface area contributed by atoms with Gasteiger partial charge in [0.1, 0.15) is 0 Å². The standard InChI is InChI=1S/C19H22N2O2S.ClH/c22-19(17-9-10-20-12-17)21-18-8-4-7-16(11-18)14-24(23)13-15-5-2-1-3-6-15;/h1-8,11,17,20H,9-10,12-14H2,(H,21,22);1H. The highest BCUT2D eigenvalue weighted by Crippen LogP contribution is 2.16. The lowest BCUT2D eigenvalue weighted by atomic mass is 10.1. The summed E-state index contributed by atoms with van der Waals surface area (Å²) in [5.74, 6) is 1.14. The Morgan fingerprint density at radius 3 is 2.52 bits per heavy atom. The van der Waals surface area contributed by atoms with Crippen molar-refractivity contribution in [1.82, 2.24) is 5.32 Å². The minimum atomic E-state index is -0.968. The Morgan fingerprint density at radius 1 is 1.08 bits per heavy atom. The molecule has 0 saturated carbocycles. The molecule has 1 fully saturated rings. The van der Waals surface area contributed by atoms with Crippen LogP contribution in [0.1, 0.15) is 17.5 Å². The number of nitrogens with one attached hydrogen (secondary N) is 2. The van der Waals surface area contributed by atoms with E-state index in [4.69, 9.17) is 0 Å². The Labute approximate surface area is 157 Å². The molecular weight excluding hydrogens is 356 g/mol. The van der Waals surface area contributed by atoms with E-state index in [1.807, 2.05) is 54.6 Å². The lowest BCUT2D eigenvalue weighted by Gasteiger charge is -2.11. The monoisotopic (exact) mass is 378 g/mol. The predicted molar refractivity (Wildman–Crippen MR) is 105 cm³/mol. The van der Waals surface area contributed by atoms with Gasteiger partial charge in [0.05, 0.1) is 5.92 Å². The molecule has 0 aliphatic carbocycles. The number of carbonyl (C=O) groups is 1. The summed E-state index contributed by atoms with van der Waals surface area (Å²) in [4.78, 5) is 12.2. The van der Waals surface area contributed by atoms with Gasteiger partial charge in [0.15, 0.2) is 0 Å². The van der Waals surface area contributed by atoms with Crippen molar-refractivity contribution in [3.8, 4) is 0 Å². The summed E-state index contributed by atoms with van der Waals surface area (Å²) in [5.41, 5.74) is 2.83. The summed E-state index contributed by atoms with van der Waals surface area (Å²) >= 11 is 0. The molecule has 25 heavy (non-hydrogen) atoms. The first-order valence-electron chi connectivity index (χ1n) is 8.20. The topological polar surface area (TPSA) is 58.2 Å². The van der Waals surface area contributed by atoms with Crippen LogP contribution in [0.4, 0.5) is 5.69 Å². The summed E-state index contributed by atoms with van der Waals surface area (Å²) in [6.45, 7) is 1.64. The van der Waals surface area contributed by atoms with Crippen LogP contribution >= 0.6 is 12.4 Å². The molecule has 3 rings (SSSR count). The highest BCUT2D eigenvalue weighted by molar-refractivity contribution is 7.83. The minimum Gasteiger partial charge on any atom is -0.326 e. The second kappa shape index (κ2) is 9.70. The van der Waals surface area contributed by atoms with Crippen LogP contribution in [0.3, 0.4) is 0 Å². The smallest absolute Gasteiger partial charge is 0.228 e. The van der Waals surface area contributed by atoms with E-state index in [0.717, 1.165) is 36.3 Å². The molecule has 2 N–H and O–H groups in total. The van der Waals surface area contributed by atoms with Crippen LogP contribution in [0.15, 0.2) is 54.6 Å². The van der Waals surface area contributed by atoms with Gasteiger partial charge in [-0.25, -0.2) is 0 Å². The maximum absolute atomic E-state index is 12.3. The molecule has 0 spiro atoms. The maximum Gasteiger partial charge on any atom is 0.228 e. The fourth-order valence-electron chi connectivity index (χ4n) is 2.86. The quantitative estimate of drug-likeness (QED) is 0.812. The van der Waals surface area contributed by atoms with Crippen LogP contribution in [0.2, 0.25) is 0 Å². The zero-order valence-corrected chi connectivity index (χ0v) is 15.6. The molecule has 2 unspecified atom stereocenters. The molecule has 0 radical (unpaired) electrons. The number of rotatable bonds is 6. The van der Waals surface area contributed by atoms with Crippen molar-refractivity contribution >= 4 is 34.8 Å². The second-order valence-electron chi connectivity index (χ2n) is 6.09. The van der Waals surface area contributed by atoms with Crippen molar-refractivity contribution in [2.45, 2.75) is 17.9 Å². The van der Waals surface area contributed by atoms with E-state index in [1.165, 1.54) is 0 Å². The highest BCUT2D eigenvalue weighted by atomic mass is 35.5. The number of halogens is 1. The fourth-order valence-corrected chi connectivity index (χ4v) is 4.08. The second-order valence-corrected chi connectivity index (χ2v) is 7.55. The Balaban J connectivity index is 0.00000225. The van der Waals surface area contributed by atoms with Crippen molar-refractivity contribution in [1.29, 1.82) is 0 Å². The average Bonchev–Trinajstić information content (AvgIpc) is 3.10. The molecule has 1 heterocycles. The van der Waals surface area contributed by atoms with Gasteiger partial charge >= 0.3 is 0 Å². The molecule has 1 aliphatic rings. The first kappa shape index (κ1) is 19.6. The zero-order valence-electron chi connectivity index (χ0n) is 13.9. The highest BCUT2D eigenvalue weighted by Gasteiger charge is 2.22.